The van der Waals surface area contributed by atoms with E-state index in [1.807, 2.05) is 39.0 Å². The molecule has 4 rings (SSSR count). The molecule has 0 radical (unpaired) electrons. The van der Waals surface area contributed by atoms with Gasteiger partial charge in [-0.05, 0) is 58.4 Å². The number of hydrogen-bond acceptors (Lipinski definition) is 7. The number of piperidine rings is 1. The zero-order chi connectivity index (χ0) is 21.8. The van der Waals surface area contributed by atoms with Gasteiger partial charge in [0, 0.05) is 39.1 Å². The first-order chi connectivity index (χ1) is 15.0. The lowest BCUT2D eigenvalue weighted by molar-refractivity contribution is 0.102. The van der Waals surface area contributed by atoms with Crippen molar-refractivity contribution in [1.29, 1.82) is 0 Å². The smallest absolute Gasteiger partial charge is 0.275 e. The number of rotatable bonds is 6. The molecular formula is C23H27N5O2S. The molecular weight excluding hydrogens is 410 g/mol. The maximum Gasteiger partial charge on any atom is 0.275 e. The van der Waals surface area contributed by atoms with Crippen molar-refractivity contribution in [3.8, 4) is 16.9 Å². The highest BCUT2D eigenvalue weighted by Crippen LogP contribution is 2.36. The van der Waals surface area contributed by atoms with Gasteiger partial charge < -0.3 is 15.4 Å². The molecule has 0 aliphatic carbocycles. The Hall–Kier alpha value is -2.84. The molecule has 1 atom stereocenters. The molecule has 1 aliphatic heterocycles. The van der Waals surface area contributed by atoms with E-state index < -0.39 is 0 Å². The first kappa shape index (κ1) is 21.4. The Labute approximate surface area is 186 Å². The number of benzene rings is 1. The van der Waals surface area contributed by atoms with E-state index in [2.05, 4.69) is 25.6 Å². The van der Waals surface area contributed by atoms with Gasteiger partial charge in [0.15, 0.2) is 0 Å². The van der Waals surface area contributed by atoms with E-state index in [1.54, 1.807) is 11.8 Å². The topological polar surface area (TPSA) is 89.0 Å². The van der Waals surface area contributed by atoms with Crippen LogP contribution in [0.5, 0.6) is 5.75 Å². The van der Waals surface area contributed by atoms with Crippen LogP contribution in [0, 0.1) is 20.8 Å². The minimum atomic E-state index is -0.220. The van der Waals surface area contributed by atoms with Gasteiger partial charge in [-0.25, -0.2) is 15.0 Å². The number of hydrogen-bond donors (Lipinski definition) is 2. The van der Waals surface area contributed by atoms with Crippen molar-refractivity contribution in [2.24, 2.45) is 0 Å². The van der Waals surface area contributed by atoms with Gasteiger partial charge in [0.2, 0.25) is 0 Å². The monoisotopic (exact) mass is 437 g/mol. The Kier molecular flexibility index (Phi) is 6.58. The molecule has 2 N–H and O–H groups in total. The van der Waals surface area contributed by atoms with Crippen LogP contribution in [0.25, 0.3) is 11.1 Å². The summed E-state index contributed by atoms with van der Waals surface area (Å²) >= 11 is 1.46. The summed E-state index contributed by atoms with van der Waals surface area (Å²) < 4.78 is 6.25. The van der Waals surface area contributed by atoms with E-state index in [9.17, 15) is 4.79 Å². The molecule has 1 fully saturated rings. The number of amides is 1. The zero-order valence-electron chi connectivity index (χ0n) is 18.1. The van der Waals surface area contributed by atoms with E-state index in [0.717, 1.165) is 46.1 Å². The Morgan fingerprint density at radius 1 is 1.19 bits per heavy atom. The number of thiazole rings is 1. The predicted octanol–water partition coefficient (Wildman–Crippen LogP) is 4.30. The second kappa shape index (κ2) is 9.53. The molecule has 1 amide bonds. The van der Waals surface area contributed by atoms with Crippen molar-refractivity contribution in [2.45, 2.75) is 46.1 Å². The van der Waals surface area contributed by atoms with Crippen LogP contribution in [0.1, 0.15) is 46.0 Å². The minimum absolute atomic E-state index is 0.220. The van der Waals surface area contributed by atoms with Crippen molar-refractivity contribution >= 4 is 22.9 Å². The van der Waals surface area contributed by atoms with Crippen LogP contribution in [-0.2, 0) is 0 Å². The van der Waals surface area contributed by atoms with Gasteiger partial charge in [-0.15, -0.1) is 11.3 Å². The predicted molar refractivity (Wildman–Crippen MR) is 123 cm³/mol. The van der Waals surface area contributed by atoms with Gasteiger partial charge in [-0.1, -0.05) is 6.42 Å². The largest absolute Gasteiger partial charge is 0.491 e. The Balaban J connectivity index is 1.64. The van der Waals surface area contributed by atoms with Gasteiger partial charge in [0.25, 0.3) is 5.91 Å². The Morgan fingerprint density at radius 2 is 2.00 bits per heavy atom. The van der Waals surface area contributed by atoms with E-state index in [0.29, 0.717) is 24.0 Å². The zero-order valence-corrected chi connectivity index (χ0v) is 18.9. The van der Waals surface area contributed by atoms with Crippen LogP contribution in [0.15, 0.2) is 30.0 Å². The molecule has 3 heterocycles. The average Bonchev–Trinajstić information content (AvgIpc) is 3.20. The molecule has 0 bridgehead atoms. The summed E-state index contributed by atoms with van der Waals surface area (Å²) in [5.74, 6) is 0.541. The quantitative estimate of drug-likeness (QED) is 0.598. The summed E-state index contributed by atoms with van der Waals surface area (Å²) in [6.45, 7) is 7.44. The molecule has 0 spiro atoms. The number of anilines is 1. The number of aryl methyl sites for hydroxylation is 3. The lowest BCUT2D eigenvalue weighted by Crippen LogP contribution is -2.38. The van der Waals surface area contributed by atoms with Crippen molar-refractivity contribution in [3.63, 3.8) is 0 Å². The number of carbonyl (C=O) groups excluding carboxylic acids is 1. The highest BCUT2D eigenvalue weighted by atomic mass is 32.1. The molecule has 8 heteroatoms. The number of ether oxygens (including phenoxy) is 1. The lowest BCUT2D eigenvalue weighted by atomic mass is 10.0. The maximum absolute atomic E-state index is 12.7. The molecule has 1 aliphatic rings. The molecule has 7 nitrogen and oxygen atoms in total. The van der Waals surface area contributed by atoms with Crippen LogP contribution in [0.3, 0.4) is 0 Å². The highest BCUT2D eigenvalue weighted by molar-refractivity contribution is 7.09. The van der Waals surface area contributed by atoms with Crippen molar-refractivity contribution in [2.75, 3.05) is 18.5 Å². The number of aromatic nitrogens is 3. The third-order valence-electron chi connectivity index (χ3n) is 5.55. The fraction of sp³-hybridized carbons (Fsp3) is 0.391. The van der Waals surface area contributed by atoms with Gasteiger partial charge in [0.1, 0.15) is 24.4 Å². The van der Waals surface area contributed by atoms with E-state index >= 15 is 0 Å². The Bertz CT molecular complexity index is 1060. The number of carbonyl (C=O) groups is 1. The fourth-order valence-corrected chi connectivity index (χ4v) is 4.46. The average molecular weight is 438 g/mol. The highest BCUT2D eigenvalue weighted by Gasteiger charge is 2.19. The second-order valence-corrected chi connectivity index (χ2v) is 8.86. The summed E-state index contributed by atoms with van der Waals surface area (Å²) in [4.78, 5) is 26.5. The van der Waals surface area contributed by atoms with E-state index in [4.69, 9.17) is 4.74 Å². The molecule has 1 unspecified atom stereocenters. The molecule has 3 aromatic rings. The van der Waals surface area contributed by atoms with Crippen LogP contribution in [-0.4, -0.2) is 40.1 Å². The Morgan fingerprint density at radius 3 is 2.68 bits per heavy atom. The molecule has 1 saturated heterocycles. The van der Waals surface area contributed by atoms with Crippen molar-refractivity contribution in [3.05, 3.63) is 52.0 Å². The molecule has 2 aromatic heterocycles. The van der Waals surface area contributed by atoms with Gasteiger partial charge in [0.05, 0.1) is 5.51 Å². The fourth-order valence-electron chi connectivity index (χ4n) is 3.88. The van der Waals surface area contributed by atoms with Crippen LogP contribution in [0.2, 0.25) is 0 Å². The SMILES string of the molecule is Cc1ncnc(C)c1-c1cc(NC(=O)c2ncsc2C)ccc1OCC1CCCCN1. The number of nitrogens with one attached hydrogen (secondary N) is 2. The summed E-state index contributed by atoms with van der Waals surface area (Å²) in [6.07, 6.45) is 5.12. The molecule has 162 valence electrons. The number of nitrogens with zero attached hydrogens (tertiary/aromatic N) is 3. The van der Waals surface area contributed by atoms with E-state index in [-0.39, 0.29) is 5.91 Å². The minimum Gasteiger partial charge on any atom is -0.491 e. The standard InChI is InChI=1S/C23H27N5O2S/c1-14-21(15(2)26-12-25-14)19-10-17(28-23(29)22-16(3)31-13-27-22)7-8-20(19)30-11-18-6-4-5-9-24-18/h7-8,10,12-13,18,24H,4-6,9,11H2,1-3H3,(H,28,29). The normalized spacial score (nSPS) is 16.2. The van der Waals surface area contributed by atoms with Gasteiger partial charge in [-0.2, -0.15) is 0 Å². The summed E-state index contributed by atoms with van der Waals surface area (Å²) in [5.41, 5.74) is 6.34. The first-order valence-corrected chi connectivity index (χ1v) is 11.4. The van der Waals surface area contributed by atoms with E-state index in [1.165, 1.54) is 24.2 Å². The summed E-state index contributed by atoms with van der Waals surface area (Å²) in [6, 6.07) is 6.05. The van der Waals surface area contributed by atoms with Crippen LogP contribution in [0.4, 0.5) is 5.69 Å². The van der Waals surface area contributed by atoms with Crippen molar-refractivity contribution < 1.29 is 9.53 Å². The second-order valence-electron chi connectivity index (χ2n) is 7.80. The summed E-state index contributed by atoms with van der Waals surface area (Å²) in [7, 11) is 0. The third kappa shape index (κ3) is 4.91. The molecule has 1 aromatic carbocycles. The van der Waals surface area contributed by atoms with Crippen LogP contribution < -0.4 is 15.4 Å². The van der Waals surface area contributed by atoms with Gasteiger partial charge in [-0.3, -0.25) is 4.79 Å². The lowest BCUT2D eigenvalue weighted by Gasteiger charge is -2.24. The van der Waals surface area contributed by atoms with Crippen LogP contribution >= 0.6 is 11.3 Å². The molecule has 31 heavy (non-hydrogen) atoms. The van der Waals surface area contributed by atoms with Crippen molar-refractivity contribution in [1.82, 2.24) is 20.3 Å². The third-order valence-corrected chi connectivity index (χ3v) is 6.30. The first-order valence-electron chi connectivity index (χ1n) is 10.5. The maximum atomic E-state index is 12.7. The summed E-state index contributed by atoms with van der Waals surface area (Å²) in [5, 5.41) is 6.48. The molecule has 0 saturated carbocycles. The van der Waals surface area contributed by atoms with Gasteiger partial charge >= 0.3 is 0 Å².